The van der Waals surface area contributed by atoms with Gasteiger partial charge in [-0.3, -0.25) is 0 Å². The Labute approximate surface area is 129 Å². The molecular formula is C17H22FNO3. The molecule has 4 atom stereocenters. The van der Waals surface area contributed by atoms with Gasteiger partial charge in [0.25, 0.3) is 0 Å². The second-order valence-electron chi connectivity index (χ2n) is 6.39. The molecule has 0 spiro atoms. The van der Waals surface area contributed by atoms with Crippen molar-refractivity contribution in [3.8, 4) is 0 Å². The first-order chi connectivity index (χ1) is 10.5. The lowest BCUT2D eigenvalue weighted by Crippen LogP contribution is -2.44. The number of carbonyl (C=O) groups is 1. The van der Waals surface area contributed by atoms with Gasteiger partial charge >= 0.3 is 5.97 Å². The van der Waals surface area contributed by atoms with Gasteiger partial charge < -0.3 is 14.7 Å². The lowest BCUT2D eigenvalue weighted by Gasteiger charge is -2.36. The van der Waals surface area contributed by atoms with Crippen LogP contribution in [-0.2, 0) is 16.0 Å². The Kier molecular flexibility index (Phi) is 4.45. The second-order valence-corrected chi connectivity index (χ2v) is 6.39. The third kappa shape index (κ3) is 3.15. The van der Waals surface area contributed by atoms with E-state index in [0.717, 1.165) is 25.7 Å². The Balaban J connectivity index is 1.55. The van der Waals surface area contributed by atoms with E-state index in [1.54, 1.807) is 18.2 Å². The van der Waals surface area contributed by atoms with E-state index >= 15 is 0 Å². The van der Waals surface area contributed by atoms with Crippen molar-refractivity contribution in [2.24, 2.45) is 0 Å². The van der Waals surface area contributed by atoms with Crippen LogP contribution in [0.25, 0.3) is 0 Å². The summed E-state index contributed by atoms with van der Waals surface area (Å²) in [5, 5.41) is 9.97. The molecule has 3 rings (SSSR count). The topological polar surface area (TPSA) is 49.8 Å². The molecule has 4 nitrogen and oxygen atoms in total. The fraction of sp³-hybridized carbons (Fsp3) is 0.588. The molecule has 0 aliphatic carbocycles. The van der Waals surface area contributed by atoms with E-state index in [0.29, 0.717) is 17.6 Å². The van der Waals surface area contributed by atoms with E-state index in [4.69, 9.17) is 4.74 Å². The average molecular weight is 307 g/mol. The van der Waals surface area contributed by atoms with E-state index in [9.17, 15) is 14.3 Å². The first kappa shape index (κ1) is 15.4. The van der Waals surface area contributed by atoms with E-state index in [1.165, 1.54) is 6.07 Å². The minimum atomic E-state index is -1.31. The molecule has 1 aromatic carbocycles. The summed E-state index contributed by atoms with van der Waals surface area (Å²) in [5.41, 5.74) is 0.329. The second kappa shape index (κ2) is 6.34. The highest BCUT2D eigenvalue weighted by atomic mass is 19.1. The summed E-state index contributed by atoms with van der Waals surface area (Å²) in [4.78, 5) is 14.4. The van der Waals surface area contributed by atoms with Crippen LogP contribution in [0.15, 0.2) is 24.3 Å². The predicted molar refractivity (Wildman–Crippen MR) is 79.8 cm³/mol. The number of aliphatic hydroxyl groups excluding tert-OH is 1. The number of halogens is 1. The summed E-state index contributed by atoms with van der Waals surface area (Å²) in [5.74, 6) is -1.05. The van der Waals surface area contributed by atoms with Crippen molar-refractivity contribution in [2.75, 3.05) is 7.05 Å². The van der Waals surface area contributed by atoms with Gasteiger partial charge in [0.1, 0.15) is 11.9 Å². The predicted octanol–water partition coefficient (Wildman–Crippen LogP) is 1.90. The van der Waals surface area contributed by atoms with Gasteiger partial charge in [0.2, 0.25) is 0 Å². The van der Waals surface area contributed by atoms with Gasteiger partial charge in [-0.1, -0.05) is 18.2 Å². The lowest BCUT2D eigenvalue weighted by atomic mass is 10.0. The number of esters is 1. The first-order valence-electron chi connectivity index (χ1n) is 7.88. The molecule has 0 aromatic heterocycles. The van der Waals surface area contributed by atoms with Crippen LogP contribution in [-0.4, -0.2) is 47.3 Å². The van der Waals surface area contributed by atoms with Crippen molar-refractivity contribution in [3.05, 3.63) is 35.6 Å². The number of piperidine rings is 1. The molecule has 5 heteroatoms. The van der Waals surface area contributed by atoms with Crippen LogP contribution < -0.4 is 0 Å². The monoisotopic (exact) mass is 307 g/mol. The van der Waals surface area contributed by atoms with E-state index in [2.05, 4.69) is 11.9 Å². The number of aliphatic hydroxyl groups is 1. The van der Waals surface area contributed by atoms with E-state index in [1.807, 2.05) is 0 Å². The normalized spacial score (nSPS) is 29.3. The summed E-state index contributed by atoms with van der Waals surface area (Å²) in [6.45, 7) is 0. The molecule has 1 unspecified atom stereocenters. The van der Waals surface area contributed by atoms with Gasteiger partial charge in [0, 0.05) is 18.5 Å². The molecule has 120 valence electrons. The zero-order chi connectivity index (χ0) is 15.7. The Morgan fingerprint density at radius 2 is 2.00 bits per heavy atom. The number of benzene rings is 1. The number of hydrogen-bond acceptors (Lipinski definition) is 4. The zero-order valence-corrected chi connectivity index (χ0v) is 12.7. The van der Waals surface area contributed by atoms with E-state index in [-0.39, 0.29) is 12.5 Å². The highest BCUT2D eigenvalue weighted by molar-refractivity contribution is 5.75. The summed E-state index contributed by atoms with van der Waals surface area (Å²) in [7, 11) is 2.12. The van der Waals surface area contributed by atoms with Crippen molar-refractivity contribution < 1.29 is 19.0 Å². The molecule has 2 heterocycles. The maximum atomic E-state index is 13.6. The van der Waals surface area contributed by atoms with Crippen molar-refractivity contribution >= 4 is 5.97 Å². The molecule has 0 radical (unpaired) electrons. The molecule has 0 amide bonds. The Bertz CT molecular complexity index is 536. The van der Waals surface area contributed by atoms with Crippen molar-refractivity contribution in [2.45, 2.75) is 56.4 Å². The zero-order valence-electron chi connectivity index (χ0n) is 12.7. The third-order valence-corrected chi connectivity index (χ3v) is 4.98. The molecule has 0 saturated carbocycles. The molecule has 2 aliphatic rings. The summed E-state index contributed by atoms with van der Waals surface area (Å²) >= 11 is 0. The molecule has 2 bridgehead atoms. The van der Waals surface area contributed by atoms with Gasteiger partial charge in [-0.15, -0.1) is 0 Å². The van der Waals surface area contributed by atoms with Crippen molar-refractivity contribution in [1.29, 1.82) is 0 Å². The molecule has 2 aliphatic heterocycles. The van der Waals surface area contributed by atoms with E-state index < -0.39 is 17.9 Å². The Morgan fingerprint density at radius 3 is 2.64 bits per heavy atom. The van der Waals surface area contributed by atoms with Gasteiger partial charge in [-0.25, -0.2) is 9.18 Å². The largest absolute Gasteiger partial charge is 0.460 e. The number of carbonyl (C=O) groups excluding carboxylic acids is 1. The van der Waals surface area contributed by atoms with Crippen LogP contribution in [0.5, 0.6) is 0 Å². The smallest absolute Gasteiger partial charge is 0.335 e. The minimum absolute atomic E-state index is 0.0506. The summed E-state index contributed by atoms with van der Waals surface area (Å²) < 4.78 is 19.0. The molecule has 1 aromatic rings. The number of ether oxygens (including phenoxy) is 1. The van der Waals surface area contributed by atoms with Crippen LogP contribution in [0.4, 0.5) is 4.39 Å². The first-order valence-corrected chi connectivity index (χ1v) is 7.88. The van der Waals surface area contributed by atoms with Crippen molar-refractivity contribution in [3.63, 3.8) is 0 Å². The standard InChI is InChI=1S/C17H22FNO3/c1-19-12-6-7-13(19)10-14(9-12)22-17(21)16(20)8-11-4-2-3-5-15(11)18/h2-5,12-14,16,20H,6-10H2,1H3/t12-,13+,14?,16-/m0/s1. The highest BCUT2D eigenvalue weighted by Crippen LogP contribution is 2.35. The quantitative estimate of drug-likeness (QED) is 0.863. The number of rotatable bonds is 4. The molecule has 22 heavy (non-hydrogen) atoms. The summed E-state index contributed by atoms with van der Waals surface area (Å²) in [6, 6.07) is 7.10. The minimum Gasteiger partial charge on any atom is -0.460 e. The highest BCUT2D eigenvalue weighted by Gasteiger charge is 2.40. The lowest BCUT2D eigenvalue weighted by molar-refractivity contribution is -0.162. The number of hydrogen-bond donors (Lipinski definition) is 1. The van der Waals surface area contributed by atoms with Gasteiger partial charge in [0.15, 0.2) is 6.10 Å². The Morgan fingerprint density at radius 1 is 1.36 bits per heavy atom. The fourth-order valence-electron chi connectivity index (χ4n) is 3.66. The van der Waals surface area contributed by atoms with Crippen LogP contribution in [0.1, 0.15) is 31.2 Å². The van der Waals surface area contributed by atoms with Crippen LogP contribution in [0, 0.1) is 5.82 Å². The fourth-order valence-corrected chi connectivity index (χ4v) is 3.66. The van der Waals surface area contributed by atoms with Crippen LogP contribution in [0.2, 0.25) is 0 Å². The molecule has 2 saturated heterocycles. The SMILES string of the molecule is CN1[C@@H]2CC[C@H]1CC(OC(=O)[C@@H](O)Cc1ccccc1F)C2. The Hall–Kier alpha value is -1.46. The van der Waals surface area contributed by atoms with Crippen LogP contribution >= 0.6 is 0 Å². The van der Waals surface area contributed by atoms with Gasteiger partial charge in [-0.05, 0) is 44.4 Å². The average Bonchev–Trinajstić information content (AvgIpc) is 2.72. The molecular weight excluding hydrogens is 285 g/mol. The maximum Gasteiger partial charge on any atom is 0.335 e. The van der Waals surface area contributed by atoms with Gasteiger partial charge in [-0.2, -0.15) is 0 Å². The third-order valence-electron chi connectivity index (χ3n) is 4.98. The summed E-state index contributed by atoms with van der Waals surface area (Å²) in [6.07, 6.45) is 2.45. The van der Waals surface area contributed by atoms with Crippen molar-refractivity contribution in [1.82, 2.24) is 4.90 Å². The number of fused-ring (bicyclic) bond motifs is 2. The van der Waals surface area contributed by atoms with Crippen LogP contribution in [0.3, 0.4) is 0 Å². The maximum absolute atomic E-state index is 13.6. The number of nitrogens with zero attached hydrogens (tertiary/aromatic N) is 1. The molecule has 1 N–H and O–H groups in total. The molecule has 2 fully saturated rings. The van der Waals surface area contributed by atoms with Gasteiger partial charge in [0.05, 0.1) is 0 Å².